The van der Waals surface area contributed by atoms with Crippen LogP contribution in [-0.2, 0) is 29.4 Å². The van der Waals surface area contributed by atoms with Gasteiger partial charge in [-0.1, -0.05) is 19.3 Å². The predicted octanol–water partition coefficient (Wildman–Crippen LogP) is 1.10. The van der Waals surface area contributed by atoms with Crippen LogP contribution < -0.4 is 5.14 Å². The molecule has 0 radical (unpaired) electrons. The number of esters is 2. The van der Waals surface area contributed by atoms with Gasteiger partial charge in [0.1, 0.15) is 0 Å². The molecule has 28 heavy (non-hydrogen) atoms. The van der Waals surface area contributed by atoms with Crippen molar-refractivity contribution in [3.8, 4) is 0 Å². The summed E-state index contributed by atoms with van der Waals surface area (Å²) in [7, 11) is -4.17. The first kappa shape index (κ1) is 28.9. The molecule has 0 heterocycles. The zero-order valence-electron chi connectivity index (χ0n) is 16.4. The van der Waals surface area contributed by atoms with E-state index in [0.29, 0.717) is 51.7 Å². The average Bonchev–Trinajstić information content (AvgIpc) is 2.60. The Hall–Kier alpha value is -1.27. The summed E-state index contributed by atoms with van der Waals surface area (Å²) < 4.78 is 35.3. The Balaban J connectivity index is 0. The van der Waals surface area contributed by atoms with E-state index in [4.69, 9.17) is 32.7 Å². The van der Waals surface area contributed by atoms with Gasteiger partial charge in [0.15, 0.2) is 0 Å². The minimum atomic E-state index is -4.17. The lowest BCUT2D eigenvalue weighted by atomic mass is 10.1. The van der Waals surface area contributed by atoms with Crippen molar-refractivity contribution in [2.45, 2.75) is 70.6 Å². The number of nitrogens with two attached hydrogens (primary N) is 1. The molecule has 168 valence electrons. The van der Waals surface area contributed by atoms with Gasteiger partial charge < -0.3 is 19.7 Å². The molecule has 0 amide bonds. The lowest BCUT2D eigenvalue weighted by Crippen LogP contribution is -2.08. The molecule has 0 aliphatic rings. The van der Waals surface area contributed by atoms with Gasteiger partial charge in [-0.15, -0.1) is 0 Å². The minimum Gasteiger partial charge on any atom is -0.466 e. The third-order valence-electron chi connectivity index (χ3n) is 3.39. The highest BCUT2D eigenvalue weighted by Crippen LogP contribution is 2.09. The van der Waals surface area contributed by atoms with Crippen molar-refractivity contribution in [2.75, 3.05) is 26.4 Å². The zero-order chi connectivity index (χ0) is 21.7. The van der Waals surface area contributed by atoms with Gasteiger partial charge in [0, 0.05) is 26.1 Å². The Labute approximate surface area is 167 Å². The van der Waals surface area contributed by atoms with Gasteiger partial charge >= 0.3 is 22.2 Å². The van der Waals surface area contributed by atoms with Gasteiger partial charge in [-0.05, 0) is 38.5 Å². The summed E-state index contributed by atoms with van der Waals surface area (Å²) in [5.41, 5.74) is 0. The van der Waals surface area contributed by atoms with Crippen LogP contribution in [0, 0.1) is 0 Å². The second kappa shape index (κ2) is 20.5. The summed E-state index contributed by atoms with van der Waals surface area (Å²) in [6.07, 6.45) is 8.14. The molecular weight excluding hydrogens is 394 g/mol. The van der Waals surface area contributed by atoms with Crippen LogP contribution in [0.25, 0.3) is 0 Å². The molecule has 0 aliphatic carbocycles. The van der Waals surface area contributed by atoms with E-state index in [1.165, 1.54) is 0 Å². The highest BCUT2D eigenvalue weighted by atomic mass is 32.2. The second-order valence-electron chi connectivity index (χ2n) is 6.09. The number of unbranched alkanes of at least 4 members (excludes halogenated alkanes) is 6. The maximum Gasteiger partial charge on any atom is 0.330 e. The van der Waals surface area contributed by atoms with Gasteiger partial charge in [0.05, 0.1) is 13.2 Å². The Morgan fingerprint density at radius 1 is 0.679 bits per heavy atom. The standard InChI is InChI=1S/C17H32O6.H3NO3S/c18-12-6-8-14-22-16(20)10-4-2-1-3-5-11-17(21)23-15-9-7-13-19;1-5(2,3)4/h18-19H,1-15H2;(H3,1,2,3,4). The van der Waals surface area contributed by atoms with E-state index >= 15 is 0 Å². The molecule has 0 aliphatic heterocycles. The van der Waals surface area contributed by atoms with Crippen LogP contribution in [0.2, 0.25) is 0 Å². The van der Waals surface area contributed by atoms with E-state index in [1.807, 2.05) is 0 Å². The molecule has 5 N–H and O–H groups in total. The Bertz CT molecular complexity index is 447. The number of ether oxygens (including phenoxy) is 2. The first-order valence-corrected chi connectivity index (χ1v) is 11.0. The molecule has 0 atom stereocenters. The molecular formula is C17H35NO9S. The van der Waals surface area contributed by atoms with Crippen molar-refractivity contribution in [1.29, 1.82) is 0 Å². The maximum atomic E-state index is 11.4. The average molecular weight is 430 g/mol. The van der Waals surface area contributed by atoms with Crippen LogP contribution >= 0.6 is 0 Å². The van der Waals surface area contributed by atoms with Crippen LogP contribution in [0.15, 0.2) is 0 Å². The predicted molar refractivity (Wildman–Crippen MR) is 103 cm³/mol. The molecule has 0 aromatic heterocycles. The first-order chi connectivity index (χ1) is 13.2. The number of aliphatic hydroxyl groups excluding tert-OH is 2. The summed E-state index contributed by atoms with van der Waals surface area (Å²) in [5, 5.41) is 21.1. The fourth-order valence-electron chi connectivity index (χ4n) is 2.01. The van der Waals surface area contributed by atoms with E-state index < -0.39 is 10.3 Å². The Kier molecular flexibility index (Phi) is 21.1. The van der Waals surface area contributed by atoms with Crippen molar-refractivity contribution in [3.05, 3.63) is 0 Å². The van der Waals surface area contributed by atoms with Crippen LogP contribution in [0.1, 0.15) is 70.6 Å². The summed E-state index contributed by atoms with van der Waals surface area (Å²) >= 11 is 0. The molecule has 0 saturated heterocycles. The molecule has 10 nitrogen and oxygen atoms in total. The van der Waals surface area contributed by atoms with E-state index in [2.05, 4.69) is 5.14 Å². The van der Waals surface area contributed by atoms with Crippen LogP contribution in [-0.4, -0.2) is 61.5 Å². The van der Waals surface area contributed by atoms with E-state index in [0.717, 1.165) is 32.1 Å². The van der Waals surface area contributed by atoms with Gasteiger partial charge in [0.25, 0.3) is 0 Å². The fraction of sp³-hybridized carbons (Fsp3) is 0.882. The molecule has 0 rings (SSSR count). The third kappa shape index (κ3) is 32.4. The molecule has 0 aromatic rings. The number of aliphatic hydroxyl groups is 2. The SMILES string of the molecule is NS(=O)(=O)O.O=C(CCCCCCCC(=O)OCCCCO)OCCCCO. The van der Waals surface area contributed by atoms with Gasteiger partial charge in [-0.25, -0.2) is 5.14 Å². The minimum absolute atomic E-state index is 0.133. The lowest BCUT2D eigenvalue weighted by molar-refractivity contribution is -0.144. The lowest BCUT2D eigenvalue weighted by Gasteiger charge is -2.05. The van der Waals surface area contributed by atoms with Crippen molar-refractivity contribution in [1.82, 2.24) is 0 Å². The summed E-state index contributed by atoms with van der Waals surface area (Å²) in [6.45, 7) is 1.04. The van der Waals surface area contributed by atoms with Crippen LogP contribution in [0.3, 0.4) is 0 Å². The molecule has 0 aromatic carbocycles. The maximum absolute atomic E-state index is 11.4. The first-order valence-electron chi connectivity index (χ1n) is 9.49. The summed E-state index contributed by atoms with van der Waals surface area (Å²) in [5.74, 6) is -0.344. The van der Waals surface area contributed by atoms with E-state index in [9.17, 15) is 9.59 Å². The fourth-order valence-corrected chi connectivity index (χ4v) is 2.01. The van der Waals surface area contributed by atoms with Gasteiger partial charge in [-0.3, -0.25) is 14.1 Å². The van der Waals surface area contributed by atoms with E-state index in [1.54, 1.807) is 0 Å². The zero-order valence-corrected chi connectivity index (χ0v) is 17.2. The van der Waals surface area contributed by atoms with Crippen LogP contribution in [0.5, 0.6) is 0 Å². The monoisotopic (exact) mass is 429 g/mol. The quantitative estimate of drug-likeness (QED) is 0.159. The normalized spacial score (nSPS) is 10.7. The van der Waals surface area contributed by atoms with Gasteiger partial charge in [0.2, 0.25) is 0 Å². The molecule has 0 fully saturated rings. The molecule has 11 heteroatoms. The van der Waals surface area contributed by atoms with Crippen molar-refractivity contribution < 1.29 is 42.2 Å². The largest absolute Gasteiger partial charge is 0.466 e. The smallest absolute Gasteiger partial charge is 0.330 e. The number of carbonyl (C=O) groups excluding carboxylic acids is 2. The third-order valence-corrected chi connectivity index (χ3v) is 3.39. The van der Waals surface area contributed by atoms with Crippen molar-refractivity contribution in [2.24, 2.45) is 5.14 Å². The molecule has 0 saturated carbocycles. The summed E-state index contributed by atoms with van der Waals surface area (Å²) in [6, 6.07) is 0. The Morgan fingerprint density at radius 2 is 1.00 bits per heavy atom. The number of hydrogen-bond acceptors (Lipinski definition) is 8. The van der Waals surface area contributed by atoms with E-state index in [-0.39, 0.29) is 25.2 Å². The Morgan fingerprint density at radius 3 is 1.32 bits per heavy atom. The highest BCUT2D eigenvalue weighted by Gasteiger charge is 2.04. The van der Waals surface area contributed by atoms with Crippen molar-refractivity contribution >= 4 is 22.2 Å². The number of hydrogen-bond donors (Lipinski definition) is 4. The van der Waals surface area contributed by atoms with Gasteiger partial charge in [-0.2, -0.15) is 8.42 Å². The number of rotatable bonds is 16. The second-order valence-corrected chi connectivity index (χ2v) is 7.12. The molecule has 0 bridgehead atoms. The topological polar surface area (TPSA) is 173 Å². The number of carbonyl (C=O) groups is 2. The molecule has 0 unspecified atom stereocenters. The van der Waals surface area contributed by atoms with Crippen LogP contribution in [0.4, 0.5) is 0 Å². The summed E-state index contributed by atoms with van der Waals surface area (Å²) in [4.78, 5) is 22.7. The highest BCUT2D eigenvalue weighted by molar-refractivity contribution is 7.83. The molecule has 0 spiro atoms. The van der Waals surface area contributed by atoms with Crippen molar-refractivity contribution in [3.63, 3.8) is 0 Å².